The third-order valence-corrected chi connectivity index (χ3v) is 4.60. The first-order chi connectivity index (χ1) is 13.8. The van der Waals surface area contributed by atoms with Gasteiger partial charge in [-0.3, -0.25) is 14.6 Å². The van der Waals surface area contributed by atoms with Crippen LogP contribution < -0.4 is 10.7 Å². The monoisotopic (exact) mass is 417 g/mol. The number of alkyl halides is 3. The smallest absolute Gasteiger partial charge is 0.434 e. The van der Waals surface area contributed by atoms with Crippen molar-refractivity contribution in [3.05, 3.63) is 75.1 Å². The molecule has 0 atom stereocenters. The Morgan fingerprint density at radius 2 is 1.97 bits per heavy atom. The van der Waals surface area contributed by atoms with Gasteiger partial charge < -0.3 is 9.73 Å². The number of thiazole rings is 1. The SMILES string of the molecule is O=C(Nc1cccc2c(=O)cc(-c3cccnc3C(F)(F)F)oc12)c1cscn1. The van der Waals surface area contributed by atoms with E-state index in [0.29, 0.717) is 0 Å². The molecule has 0 bridgehead atoms. The molecule has 3 heterocycles. The van der Waals surface area contributed by atoms with Crippen molar-refractivity contribution >= 4 is 33.9 Å². The van der Waals surface area contributed by atoms with E-state index >= 15 is 0 Å². The van der Waals surface area contributed by atoms with Gasteiger partial charge in [0.05, 0.1) is 16.6 Å². The van der Waals surface area contributed by atoms with Gasteiger partial charge in [-0.15, -0.1) is 11.3 Å². The van der Waals surface area contributed by atoms with E-state index in [0.717, 1.165) is 18.3 Å². The quantitative estimate of drug-likeness (QED) is 0.527. The molecule has 10 heteroatoms. The normalized spacial score (nSPS) is 11.6. The van der Waals surface area contributed by atoms with Crippen LogP contribution in [-0.2, 0) is 6.18 Å². The van der Waals surface area contributed by atoms with E-state index in [9.17, 15) is 22.8 Å². The molecule has 0 aliphatic rings. The molecule has 0 saturated carbocycles. The molecule has 0 fully saturated rings. The predicted molar refractivity (Wildman–Crippen MR) is 101 cm³/mol. The number of para-hydroxylation sites is 1. The molecule has 6 nitrogen and oxygen atoms in total. The second-order valence-electron chi connectivity index (χ2n) is 5.88. The van der Waals surface area contributed by atoms with Gasteiger partial charge in [0, 0.05) is 23.2 Å². The highest BCUT2D eigenvalue weighted by Gasteiger charge is 2.36. The molecule has 1 N–H and O–H groups in total. The van der Waals surface area contributed by atoms with E-state index in [-0.39, 0.29) is 33.7 Å². The average Bonchev–Trinajstić information content (AvgIpc) is 3.23. The molecule has 29 heavy (non-hydrogen) atoms. The van der Waals surface area contributed by atoms with Gasteiger partial charge in [0.1, 0.15) is 11.5 Å². The molecule has 0 radical (unpaired) electrons. The van der Waals surface area contributed by atoms with Crippen molar-refractivity contribution in [2.45, 2.75) is 6.18 Å². The first-order valence-electron chi connectivity index (χ1n) is 8.13. The van der Waals surface area contributed by atoms with Gasteiger partial charge in [-0.25, -0.2) is 4.98 Å². The van der Waals surface area contributed by atoms with Crippen LogP contribution in [0.5, 0.6) is 0 Å². The lowest BCUT2D eigenvalue weighted by atomic mass is 10.1. The number of pyridine rings is 1. The van der Waals surface area contributed by atoms with Crippen molar-refractivity contribution in [1.82, 2.24) is 9.97 Å². The number of amides is 1. The zero-order chi connectivity index (χ0) is 20.6. The summed E-state index contributed by atoms with van der Waals surface area (Å²) in [5.74, 6) is -0.845. The molecule has 146 valence electrons. The number of nitrogens with one attached hydrogen (secondary N) is 1. The number of aromatic nitrogens is 2. The number of benzene rings is 1. The molecule has 1 amide bonds. The molecular formula is C19H10F3N3O3S. The third kappa shape index (κ3) is 3.61. The molecule has 4 aromatic rings. The van der Waals surface area contributed by atoms with Crippen LogP contribution in [0.15, 0.2) is 62.7 Å². The number of carbonyl (C=O) groups excluding carboxylic acids is 1. The summed E-state index contributed by atoms with van der Waals surface area (Å²) in [6, 6.07) is 7.91. The van der Waals surface area contributed by atoms with Gasteiger partial charge in [-0.05, 0) is 24.3 Å². The number of hydrogen-bond donors (Lipinski definition) is 1. The topological polar surface area (TPSA) is 85.1 Å². The molecule has 0 aliphatic carbocycles. The van der Waals surface area contributed by atoms with Gasteiger partial charge in [0.25, 0.3) is 5.91 Å². The largest absolute Gasteiger partial charge is 0.454 e. The lowest BCUT2D eigenvalue weighted by molar-refractivity contribution is -0.140. The van der Waals surface area contributed by atoms with Crippen LogP contribution in [0.2, 0.25) is 0 Å². The Labute approximate surface area is 164 Å². The molecule has 1 aromatic carbocycles. The van der Waals surface area contributed by atoms with Crippen molar-refractivity contribution in [2.75, 3.05) is 5.32 Å². The zero-order valence-electron chi connectivity index (χ0n) is 14.4. The summed E-state index contributed by atoms with van der Waals surface area (Å²) in [7, 11) is 0. The number of anilines is 1. The highest BCUT2D eigenvalue weighted by Crippen LogP contribution is 2.36. The van der Waals surface area contributed by atoms with Gasteiger partial charge >= 0.3 is 6.18 Å². The van der Waals surface area contributed by atoms with E-state index in [1.807, 2.05) is 0 Å². The van der Waals surface area contributed by atoms with Gasteiger partial charge in [0.15, 0.2) is 16.7 Å². The highest BCUT2D eigenvalue weighted by atomic mass is 32.1. The summed E-state index contributed by atoms with van der Waals surface area (Å²) in [5.41, 5.74) is -0.365. The number of hydrogen-bond acceptors (Lipinski definition) is 6. The molecule has 3 aromatic heterocycles. The van der Waals surface area contributed by atoms with Crippen LogP contribution in [-0.4, -0.2) is 15.9 Å². The lowest BCUT2D eigenvalue weighted by Crippen LogP contribution is -2.13. The van der Waals surface area contributed by atoms with E-state index in [2.05, 4.69) is 15.3 Å². The minimum atomic E-state index is -4.73. The number of rotatable bonds is 3. The molecular weight excluding hydrogens is 407 g/mol. The number of halogens is 3. The molecule has 0 unspecified atom stereocenters. The fourth-order valence-corrected chi connectivity index (χ4v) is 3.28. The second-order valence-corrected chi connectivity index (χ2v) is 6.60. The van der Waals surface area contributed by atoms with Crippen molar-refractivity contribution in [2.24, 2.45) is 0 Å². The summed E-state index contributed by atoms with van der Waals surface area (Å²) in [6.45, 7) is 0. The third-order valence-electron chi connectivity index (χ3n) is 4.01. The Kier molecular flexibility index (Phi) is 4.63. The number of fused-ring (bicyclic) bond motifs is 1. The summed E-state index contributed by atoms with van der Waals surface area (Å²) in [4.78, 5) is 32.1. The predicted octanol–water partition coefficient (Wildman–Crippen LogP) is 4.58. The Morgan fingerprint density at radius 3 is 2.69 bits per heavy atom. The first kappa shape index (κ1) is 18.8. The number of carbonyl (C=O) groups is 1. The average molecular weight is 417 g/mol. The standard InChI is InChI=1S/C19H10F3N3O3S/c20-19(21,22)17-11(4-2-6-23-17)15-7-14(26)10-3-1-5-12(16(10)28-15)25-18(27)13-8-29-9-24-13/h1-9H,(H,25,27). The summed E-state index contributed by atoms with van der Waals surface area (Å²) >= 11 is 1.23. The summed E-state index contributed by atoms with van der Waals surface area (Å²) in [6.07, 6.45) is -3.73. The Morgan fingerprint density at radius 1 is 1.14 bits per heavy atom. The number of nitrogens with zero attached hydrogens (tertiary/aromatic N) is 2. The van der Waals surface area contributed by atoms with Gasteiger partial charge in [-0.1, -0.05) is 6.07 Å². The highest BCUT2D eigenvalue weighted by molar-refractivity contribution is 7.07. The maximum absolute atomic E-state index is 13.3. The second kappa shape index (κ2) is 7.13. The van der Waals surface area contributed by atoms with Crippen LogP contribution in [0.1, 0.15) is 16.2 Å². The van der Waals surface area contributed by atoms with E-state index in [1.54, 1.807) is 0 Å². The van der Waals surface area contributed by atoms with Crippen molar-refractivity contribution < 1.29 is 22.4 Å². The summed E-state index contributed by atoms with van der Waals surface area (Å²) < 4.78 is 45.6. The first-order valence-corrected chi connectivity index (χ1v) is 9.08. The molecule has 0 aliphatic heterocycles. The van der Waals surface area contributed by atoms with E-state index < -0.39 is 23.2 Å². The Bertz CT molecular complexity index is 1270. The van der Waals surface area contributed by atoms with E-state index in [4.69, 9.17) is 4.42 Å². The summed E-state index contributed by atoms with van der Waals surface area (Å²) in [5, 5.41) is 4.22. The zero-order valence-corrected chi connectivity index (χ0v) is 15.2. The Balaban J connectivity index is 1.87. The molecule has 4 rings (SSSR count). The fourth-order valence-electron chi connectivity index (χ4n) is 2.75. The fraction of sp³-hybridized carbons (Fsp3) is 0.0526. The van der Waals surface area contributed by atoms with Crippen LogP contribution >= 0.6 is 11.3 Å². The van der Waals surface area contributed by atoms with Crippen molar-refractivity contribution in [3.63, 3.8) is 0 Å². The minimum absolute atomic E-state index is 0.0458. The lowest BCUT2D eigenvalue weighted by Gasteiger charge is -2.12. The van der Waals surface area contributed by atoms with Crippen LogP contribution in [0, 0.1) is 0 Å². The van der Waals surface area contributed by atoms with Gasteiger partial charge in [-0.2, -0.15) is 13.2 Å². The van der Waals surface area contributed by atoms with Crippen LogP contribution in [0.25, 0.3) is 22.3 Å². The Hall–Kier alpha value is -3.53. The minimum Gasteiger partial charge on any atom is -0.454 e. The molecule has 0 spiro atoms. The molecule has 0 saturated heterocycles. The van der Waals surface area contributed by atoms with Gasteiger partial charge in [0.2, 0.25) is 0 Å². The van der Waals surface area contributed by atoms with Crippen LogP contribution in [0.4, 0.5) is 18.9 Å². The maximum atomic E-state index is 13.3. The maximum Gasteiger partial charge on any atom is 0.434 e. The van der Waals surface area contributed by atoms with Crippen LogP contribution in [0.3, 0.4) is 0 Å². The van der Waals surface area contributed by atoms with E-state index in [1.165, 1.54) is 46.5 Å². The van der Waals surface area contributed by atoms with Crippen molar-refractivity contribution in [1.29, 1.82) is 0 Å². The van der Waals surface area contributed by atoms with Crippen molar-refractivity contribution in [3.8, 4) is 11.3 Å².